The van der Waals surface area contributed by atoms with Crippen LogP contribution in [0.25, 0.3) is 22.2 Å². The second-order valence-electron chi connectivity index (χ2n) is 7.05. The van der Waals surface area contributed by atoms with Gasteiger partial charge in [0, 0.05) is 16.5 Å². The Labute approximate surface area is 189 Å². The lowest BCUT2D eigenvalue weighted by Crippen LogP contribution is -2.18. The van der Waals surface area contributed by atoms with E-state index in [4.69, 9.17) is 9.47 Å². The molecule has 0 saturated heterocycles. The van der Waals surface area contributed by atoms with Gasteiger partial charge in [0.1, 0.15) is 5.82 Å². The number of nitrogens with zero attached hydrogens (tertiary/aromatic N) is 2. The largest absolute Gasteiger partial charge is 0.502 e. The van der Waals surface area contributed by atoms with Crippen molar-refractivity contribution in [2.75, 3.05) is 14.2 Å². The van der Waals surface area contributed by atoms with Crippen molar-refractivity contribution in [1.29, 1.82) is 0 Å². The van der Waals surface area contributed by atoms with E-state index in [0.717, 1.165) is 0 Å². The molecule has 33 heavy (non-hydrogen) atoms. The maximum atomic E-state index is 13.3. The number of aromatic nitrogens is 1. The van der Waals surface area contributed by atoms with Crippen LogP contribution in [0.2, 0.25) is 0 Å². The number of fused-ring (bicyclic) bond motifs is 1. The Morgan fingerprint density at radius 1 is 1.03 bits per heavy atom. The first-order valence-corrected chi connectivity index (χ1v) is 9.94. The number of rotatable bonds is 6. The molecule has 0 atom stereocenters. The van der Waals surface area contributed by atoms with Gasteiger partial charge in [0.25, 0.3) is 5.91 Å². The van der Waals surface area contributed by atoms with Crippen molar-refractivity contribution in [3.05, 3.63) is 83.7 Å². The van der Waals surface area contributed by atoms with E-state index in [0.29, 0.717) is 33.3 Å². The zero-order valence-corrected chi connectivity index (χ0v) is 17.9. The second kappa shape index (κ2) is 9.35. The summed E-state index contributed by atoms with van der Waals surface area (Å²) in [7, 11) is 2.84. The first-order valence-electron chi connectivity index (χ1n) is 9.94. The third-order valence-corrected chi connectivity index (χ3v) is 4.98. The van der Waals surface area contributed by atoms with Gasteiger partial charge < -0.3 is 14.6 Å². The van der Waals surface area contributed by atoms with Gasteiger partial charge in [0.05, 0.1) is 37.2 Å². The van der Waals surface area contributed by atoms with Crippen molar-refractivity contribution in [2.24, 2.45) is 5.10 Å². The Bertz CT molecular complexity index is 1330. The molecule has 0 unspecified atom stereocenters. The molecular formula is C25H20FN3O4. The third kappa shape index (κ3) is 4.59. The molecule has 7 nitrogen and oxygen atoms in total. The normalized spacial score (nSPS) is 11.0. The van der Waals surface area contributed by atoms with E-state index < -0.39 is 5.91 Å². The first-order chi connectivity index (χ1) is 16.0. The minimum atomic E-state index is -0.439. The number of para-hydroxylation sites is 1. The third-order valence-electron chi connectivity index (χ3n) is 4.98. The van der Waals surface area contributed by atoms with Gasteiger partial charge in [-0.15, -0.1) is 0 Å². The molecule has 0 radical (unpaired) electrons. The summed E-state index contributed by atoms with van der Waals surface area (Å²) in [6, 6.07) is 17.9. The molecule has 0 fully saturated rings. The van der Waals surface area contributed by atoms with Crippen LogP contribution in [0.4, 0.5) is 4.39 Å². The molecule has 3 aromatic carbocycles. The minimum Gasteiger partial charge on any atom is -0.502 e. The van der Waals surface area contributed by atoms with E-state index in [1.165, 1.54) is 32.6 Å². The number of phenolic OH excluding ortho intramolecular Hbond substituents is 1. The van der Waals surface area contributed by atoms with Crippen molar-refractivity contribution >= 4 is 23.0 Å². The zero-order chi connectivity index (χ0) is 23.4. The number of nitrogens with one attached hydrogen (secondary N) is 1. The summed E-state index contributed by atoms with van der Waals surface area (Å²) in [6.45, 7) is 0. The van der Waals surface area contributed by atoms with Crippen LogP contribution < -0.4 is 14.9 Å². The van der Waals surface area contributed by atoms with Crippen LogP contribution in [0.1, 0.15) is 15.9 Å². The molecule has 1 aromatic heterocycles. The Hall–Kier alpha value is -4.46. The second-order valence-corrected chi connectivity index (χ2v) is 7.05. The Balaban J connectivity index is 1.65. The smallest absolute Gasteiger partial charge is 0.272 e. The zero-order valence-electron chi connectivity index (χ0n) is 17.9. The van der Waals surface area contributed by atoms with Gasteiger partial charge in [-0.25, -0.2) is 14.8 Å². The SMILES string of the molecule is COc1cc(C=NNC(=O)c2cc(-c3ccc(F)cc3)nc3ccccc23)cc(OC)c1O. The van der Waals surface area contributed by atoms with Crippen LogP contribution in [0, 0.1) is 5.82 Å². The maximum absolute atomic E-state index is 13.3. The fourth-order valence-electron chi connectivity index (χ4n) is 3.35. The number of hydrazone groups is 1. The quantitative estimate of drug-likeness (QED) is 0.336. The van der Waals surface area contributed by atoms with Crippen molar-refractivity contribution in [2.45, 2.75) is 0 Å². The van der Waals surface area contributed by atoms with Gasteiger partial charge in [0.2, 0.25) is 5.75 Å². The topological polar surface area (TPSA) is 93.0 Å². The van der Waals surface area contributed by atoms with Gasteiger partial charge in [-0.1, -0.05) is 18.2 Å². The summed E-state index contributed by atoms with van der Waals surface area (Å²) in [4.78, 5) is 17.6. The Morgan fingerprint density at radius 3 is 2.36 bits per heavy atom. The number of ether oxygens (including phenoxy) is 2. The molecule has 0 spiro atoms. The van der Waals surface area contributed by atoms with E-state index in [2.05, 4.69) is 15.5 Å². The molecule has 0 saturated carbocycles. The number of pyridine rings is 1. The number of methoxy groups -OCH3 is 2. The molecule has 1 heterocycles. The van der Waals surface area contributed by atoms with Crippen molar-refractivity contribution in [3.8, 4) is 28.5 Å². The van der Waals surface area contributed by atoms with Gasteiger partial charge in [-0.2, -0.15) is 5.10 Å². The van der Waals surface area contributed by atoms with Crippen molar-refractivity contribution in [1.82, 2.24) is 10.4 Å². The molecule has 0 bridgehead atoms. The number of amides is 1. The predicted octanol–water partition coefficient (Wildman–Crippen LogP) is 4.53. The predicted molar refractivity (Wildman–Crippen MR) is 123 cm³/mol. The number of hydrogen-bond acceptors (Lipinski definition) is 6. The van der Waals surface area contributed by atoms with Crippen LogP contribution in [-0.2, 0) is 0 Å². The highest BCUT2D eigenvalue weighted by Gasteiger charge is 2.14. The fourth-order valence-corrected chi connectivity index (χ4v) is 3.35. The average molecular weight is 445 g/mol. The van der Waals surface area contributed by atoms with Crippen LogP contribution in [-0.4, -0.2) is 36.4 Å². The van der Waals surface area contributed by atoms with E-state index in [1.807, 2.05) is 12.1 Å². The number of benzene rings is 3. The van der Waals surface area contributed by atoms with E-state index in [1.54, 1.807) is 42.5 Å². The first kappa shape index (κ1) is 21.8. The van der Waals surface area contributed by atoms with E-state index in [-0.39, 0.29) is 23.1 Å². The number of aromatic hydroxyl groups is 1. The lowest BCUT2D eigenvalue weighted by Gasteiger charge is -2.10. The molecule has 0 aliphatic carbocycles. The summed E-state index contributed by atoms with van der Waals surface area (Å²) in [5, 5.41) is 14.7. The number of carbonyl (C=O) groups excluding carboxylic acids is 1. The molecule has 4 aromatic rings. The van der Waals surface area contributed by atoms with E-state index >= 15 is 0 Å². The molecule has 0 aliphatic heterocycles. The number of halogens is 1. The number of carbonyl (C=O) groups is 1. The Morgan fingerprint density at radius 2 is 1.70 bits per heavy atom. The average Bonchev–Trinajstić information content (AvgIpc) is 2.84. The highest BCUT2D eigenvalue weighted by Crippen LogP contribution is 2.36. The summed E-state index contributed by atoms with van der Waals surface area (Å²) in [6.07, 6.45) is 1.41. The highest BCUT2D eigenvalue weighted by molar-refractivity contribution is 6.07. The van der Waals surface area contributed by atoms with Gasteiger partial charge >= 0.3 is 0 Å². The highest BCUT2D eigenvalue weighted by atomic mass is 19.1. The van der Waals surface area contributed by atoms with Crippen LogP contribution >= 0.6 is 0 Å². The standard InChI is InChI=1S/C25H20FN3O4/c1-32-22-11-15(12-23(33-2)24(22)30)14-27-29-25(31)19-13-21(16-7-9-17(26)10-8-16)28-20-6-4-3-5-18(19)20/h3-14,30H,1-2H3,(H,29,31). The lowest BCUT2D eigenvalue weighted by atomic mass is 10.0. The molecule has 166 valence electrons. The molecular weight excluding hydrogens is 425 g/mol. The molecule has 8 heteroatoms. The monoisotopic (exact) mass is 445 g/mol. The minimum absolute atomic E-state index is 0.127. The van der Waals surface area contributed by atoms with Crippen molar-refractivity contribution < 1.29 is 23.8 Å². The summed E-state index contributed by atoms with van der Waals surface area (Å²) in [5.74, 6) is -0.490. The fraction of sp³-hybridized carbons (Fsp3) is 0.0800. The summed E-state index contributed by atoms with van der Waals surface area (Å²) >= 11 is 0. The molecule has 2 N–H and O–H groups in total. The van der Waals surface area contributed by atoms with Gasteiger partial charge in [-0.3, -0.25) is 4.79 Å². The maximum Gasteiger partial charge on any atom is 0.272 e. The molecule has 1 amide bonds. The lowest BCUT2D eigenvalue weighted by molar-refractivity contribution is 0.0956. The van der Waals surface area contributed by atoms with Gasteiger partial charge in [0.15, 0.2) is 11.5 Å². The van der Waals surface area contributed by atoms with Crippen molar-refractivity contribution in [3.63, 3.8) is 0 Å². The van der Waals surface area contributed by atoms with Gasteiger partial charge in [-0.05, 0) is 48.5 Å². The molecule has 0 aliphatic rings. The van der Waals surface area contributed by atoms with E-state index in [9.17, 15) is 14.3 Å². The number of phenols is 1. The van der Waals surface area contributed by atoms with Crippen LogP contribution in [0.15, 0.2) is 71.8 Å². The summed E-state index contributed by atoms with van der Waals surface area (Å²) < 4.78 is 23.6. The number of hydrogen-bond donors (Lipinski definition) is 2. The Kier molecular flexibility index (Phi) is 6.17. The molecule has 4 rings (SSSR count). The summed E-state index contributed by atoms with van der Waals surface area (Å²) in [5.41, 5.74) is 5.29. The van der Waals surface area contributed by atoms with Crippen LogP contribution in [0.5, 0.6) is 17.2 Å². The van der Waals surface area contributed by atoms with Crippen LogP contribution in [0.3, 0.4) is 0 Å².